The molecule has 1 heterocycles. The second-order valence-corrected chi connectivity index (χ2v) is 6.15. The molecule has 1 aromatic heterocycles. The molecule has 4 nitrogen and oxygen atoms in total. The fourth-order valence-electron chi connectivity index (χ4n) is 2.57. The van der Waals surface area contributed by atoms with Crippen LogP contribution in [0.5, 0.6) is 0 Å². The minimum absolute atomic E-state index is 0.262. The lowest BCUT2D eigenvalue weighted by Gasteiger charge is -2.17. The Balaban J connectivity index is 1.72. The van der Waals surface area contributed by atoms with Crippen molar-refractivity contribution in [2.75, 3.05) is 10.6 Å². The Hall–Kier alpha value is -3.49. The van der Waals surface area contributed by atoms with Crippen molar-refractivity contribution in [3.05, 3.63) is 89.0 Å². The lowest BCUT2D eigenvalue weighted by atomic mass is 10.1. The lowest BCUT2D eigenvalue weighted by Crippen LogP contribution is -2.14. The third kappa shape index (κ3) is 4.50. The molecule has 0 radical (unpaired) electrons. The summed E-state index contributed by atoms with van der Waals surface area (Å²) in [5, 5.41) is 4.99. The van der Waals surface area contributed by atoms with Crippen molar-refractivity contribution in [3.8, 4) is 0 Å². The molecule has 0 aliphatic rings. The molecule has 3 rings (SSSR count). The Bertz CT molecular complexity index is 1010. The van der Waals surface area contributed by atoms with Crippen LogP contribution in [0.4, 0.5) is 33.3 Å². The van der Waals surface area contributed by atoms with E-state index in [0.717, 1.165) is 12.1 Å². The first-order valence-corrected chi connectivity index (χ1v) is 8.39. The average molecular weight is 407 g/mol. The zero-order chi connectivity index (χ0) is 21.1. The first-order valence-electron chi connectivity index (χ1n) is 8.39. The number of carbonyl (C=O) groups is 1. The minimum atomic E-state index is -1.75. The third-order valence-electron chi connectivity index (χ3n) is 4.13. The third-order valence-corrected chi connectivity index (χ3v) is 4.13. The van der Waals surface area contributed by atoms with E-state index in [4.69, 9.17) is 0 Å². The number of carbonyl (C=O) groups excluding carboxylic acids is 1. The molecular formula is C20H14F5N3O. The van der Waals surface area contributed by atoms with Crippen molar-refractivity contribution < 1.29 is 26.7 Å². The molecule has 0 fully saturated rings. The number of aromatic nitrogens is 1. The molecule has 29 heavy (non-hydrogen) atoms. The van der Waals surface area contributed by atoms with Gasteiger partial charge >= 0.3 is 0 Å². The van der Waals surface area contributed by atoms with Crippen molar-refractivity contribution >= 4 is 17.3 Å². The van der Waals surface area contributed by atoms with E-state index in [-0.39, 0.29) is 5.56 Å². The highest BCUT2D eigenvalue weighted by Gasteiger charge is 2.22. The largest absolute Gasteiger partial charge is 0.373 e. The summed E-state index contributed by atoms with van der Waals surface area (Å²) in [4.78, 5) is 14.6. The van der Waals surface area contributed by atoms with E-state index < -0.39 is 47.0 Å². The monoisotopic (exact) mass is 407 g/mol. The number of anilines is 2. The van der Waals surface area contributed by atoms with Gasteiger partial charge in [0.15, 0.2) is 0 Å². The zero-order valence-corrected chi connectivity index (χ0v) is 14.9. The Morgan fingerprint density at radius 3 is 1.97 bits per heavy atom. The zero-order valence-electron chi connectivity index (χ0n) is 14.9. The fraction of sp³-hybridized carbons (Fsp3) is 0.100. The Kier molecular flexibility index (Phi) is 5.76. The Morgan fingerprint density at radius 2 is 1.41 bits per heavy atom. The summed E-state index contributed by atoms with van der Waals surface area (Å²) in [6.07, 6.45) is 0. The summed E-state index contributed by atoms with van der Waals surface area (Å²) in [6, 6.07) is 10.5. The van der Waals surface area contributed by atoms with Crippen LogP contribution in [0.25, 0.3) is 0 Å². The molecule has 0 aliphatic carbocycles. The molecule has 0 bridgehead atoms. The van der Waals surface area contributed by atoms with Gasteiger partial charge in [-0.25, -0.2) is 4.39 Å². The van der Waals surface area contributed by atoms with E-state index in [9.17, 15) is 26.7 Å². The molecule has 0 saturated heterocycles. The predicted octanol–water partition coefficient (Wildman–Crippen LogP) is 5.20. The summed E-state index contributed by atoms with van der Waals surface area (Å²) in [5.74, 6) is -7.67. The topological polar surface area (TPSA) is 54.0 Å². The van der Waals surface area contributed by atoms with E-state index >= 15 is 0 Å². The molecule has 3 aromatic rings. The van der Waals surface area contributed by atoms with Gasteiger partial charge in [0.05, 0.1) is 0 Å². The van der Waals surface area contributed by atoms with Crippen LogP contribution < -0.4 is 10.6 Å². The van der Waals surface area contributed by atoms with Crippen molar-refractivity contribution in [1.29, 1.82) is 0 Å². The van der Waals surface area contributed by atoms with Crippen LogP contribution >= 0.6 is 0 Å². The minimum Gasteiger partial charge on any atom is -0.373 e. The molecule has 1 unspecified atom stereocenters. The number of pyridine rings is 1. The Morgan fingerprint density at radius 1 is 0.862 bits per heavy atom. The van der Waals surface area contributed by atoms with E-state index in [1.165, 1.54) is 31.2 Å². The normalized spacial score (nSPS) is 11.8. The highest BCUT2D eigenvalue weighted by molar-refractivity contribution is 6.04. The van der Waals surface area contributed by atoms with E-state index in [0.29, 0.717) is 11.3 Å². The maximum absolute atomic E-state index is 13.7. The van der Waals surface area contributed by atoms with Crippen LogP contribution in [0, 0.1) is 29.3 Å². The number of nitrogens with zero attached hydrogens (tertiary/aromatic N) is 1. The lowest BCUT2D eigenvalue weighted by molar-refractivity contribution is 0.102. The van der Waals surface area contributed by atoms with Crippen LogP contribution in [0.3, 0.4) is 0 Å². The average Bonchev–Trinajstić information content (AvgIpc) is 2.70. The van der Waals surface area contributed by atoms with Crippen molar-refractivity contribution in [3.63, 3.8) is 0 Å². The molecule has 2 N–H and O–H groups in total. The first kappa shape index (κ1) is 20.2. The highest BCUT2D eigenvalue weighted by Crippen LogP contribution is 2.27. The molecule has 1 amide bonds. The van der Waals surface area contributed by atoms with Gasteiger partial charge in [0.2, 0.25) is 11.6 Å². The van der Waals surface area contributed by atoms with Crippen LogP contribution in [0.2, 0.25) is 0 Å². The molecule has 150 valence electrons. The molecular weight excluding hydrogens is 393 g/mol. The van der Waals surface area contributed by atoms with Gasteiger partial charge in [0, 0.05) is 17.3 Å². The summed E-state index contributed by atoms with van der Waals surface area (Å²) in [5.41, 5.74) is 0.254. The summed E-state index contributed by atoms with van der Waals surface area (Å²) < 4.78 is 66.8. The van der Waals surface area contributed by atoms with Gasteiger partial charge in [0.25, 0.3) is 17.8 Å². The van der Waals surface area contributed by atoms with Crippen molar-refractivity contribution in [2.45, 2.75) is 13.0 Å². The summed E-state index contributed by atoms with van der Waals surface area (Å²) >= 11 is 0. The smallest absolute Gasteiger partial charge is 0.255 e. The fourth-order valence-corrected chi connectivity index (χ4v) is 2.57. The van der Waals surface area contributed by atoms with Gasteiger partial charge in [-0.15, -0.1) is 0 Å². The van der Waals surface area contributed by atoms with Crippen LogP contribution in [-0.2, 0) is 0 Å². The second-order valence-electron chi connectivity index (χ2n) is 6.15. The van der Waals surface area contributed by atoms with Gasteiger partial charge in [-0.05, 0) is 48.9 Å². The molecule has 9 heteroatoms. The SMILES string of the molecule is CC(Nc1c(F)c(F)nc(F)c1F)c1ccc(NC(=O)c2ccc(F)cc2)cc1. The highest BCUT2D eigenvalue weighted by atomic mass is 19.2. The number of benzene rings is 2. The maximum Gasteiger partial charge on any atom is 0.255 e. The van der Waals surface area contributed by atoms with Crippen LogP contribution in [0.1, 0.15) is 28.9 Å². The number of halogens is 5. The number of amides is 1. The van der Waals surface area contributed by atoms with Gasteiger partial charge in [0.1, 0.15) is 11.5 Å². The van der Waals surface area contributed by atoms with E-state index in [1.807, 2.05) is 0 Å². The summed E-state index contributed by atoms with van der Waals surface area (Å²) in [6.45, 7) is 1.53. The quantitative estimate of drug-likeness (QED) is 0.451. The number of hydrogen-bond acceptors (Lipinski definition) is 3. The molecule has 0 spiro atoms. The van der Waals surface area contributed by atoms with Crippen LogP contribution in [-0.4, -0.2) is 10.9 Å². The maximum atomic E-state index is 13.7. The van der Waals surface area contributed by atoms with Crippen LogP contribution in [0.15, 0.2) is 48.5 Å². The van der Waals surface area contributed by atoms with Gasteiger partial charge in [-0.3, -0.25) is 4.79 Å². The standard InChI is InChI=1S/C20H14F5N3O/c1-10(26-17-15(22)18(24)28-19(25)16(17)23)11-4-8-14(9-5-11)27-20(29)12-2-6-13(21)7-3-12/h2-10H,1H3,(H,26,28)(H,27,29). The Labute approximate surface area is 162 Å². The number of rotatable bonds is 5. The predicted molar refractivity (Wildman–Crippen MR) is 96.9 cm³/mol. The van der Waals surface area contributed by atoms with Gasteiger partial charge < -0.3 is 10.6 Å². The molecule has 2 aromatic carbocycles. The number of nitrogens with one attached hydrogen (secondary N) is 2. The molecule has 1 atom stereocenters. The molecule has 0 saturated carbocycles. The van der Waals surface area contributed by atoms with E-state index in [2.05, 4.69) is 15.6 Å². The van der Waals surface area contributed by atoms with Crippen molar-refractivity contribution in [2.24, 2.45) is 0 Å². The number of hydrogen-bond donors (Lipinski definition) is 2. The first-order chi connectivity index (χ1) is 13.8. The van der Waals surface area contributed by atoms with E-state index in [1.54, 1.807) is 12.1 Å². The summed E-state index contributed by atoms with van der Waals surface area (Å²) in [7, 11) is 0. The van der Waals surface area contributed by atoms with Gasteiger partial charge in [-0.2, -0.15) is 22.5 Å². The van der Waals surface area contributed by atoms with Crippen molar-refractivity contribution in [1.82, 2.24) is 4.98 Å². The molecule has 0 aliphatic heterocycles. The second kappa shape index (κ2) is 8.26. The van der Waals surface area contributed by atoms with Gasteiger partial charge in [-0.1, -0.05) is 12.1 Å².